The van der Waals surface area contributed by atoms with Crippen molar-refractivity contribution >= 4 is 0 Å². The van der Waals surface area contributed by atoms with Crippen LogP contribution < -0.4 is 5.32 Å². The lowest BCUT2D eigenvalue weighted by Gasteiger charge is -1.97. The fourth-order valence-electron chi connectivity index (χ4n) is 1.11. The van der Waals surface area contributed by atoms with E-state index in [0.29, 0.717) is 13.1 Å². The third-order valence-corrected chi connectivity index (χ3v) is 1.88. The van der Waals surface area contributed by atoms with Crippen LogP contribution in [0, 0.1) is 0 Å². The molecule has 0 aliphatic rings. The standard InChI is InChI=1S/C10H18N4O/c1-9(2)3-4-11-7-10-8-14(5-6-15)13-12-10/h3,8,11,15H,4-7H2,1-2H3. The van der Waals surface area contributed by atoms with Crippen LogP contribution in [-0.2, 0) is 13.1 Å². The van der Waals surface area contributed by atoms with E-state index in [1.807, 2.05) is 6.20 Å². The van der Waals surface area contributed by atoms with Crippen LogP contribution >= 0.6 is 0 Å². The van der Waals surface area contributed by atoms with Gasteiger partial charge in [0.2, 0.25) is 0 Å². The number of aromatic nitrogens is 3. The third-order valence-electron chi connectivity index (χ3n) is 1.88. The van der Waals surface area contributed by atoms with E-state index in [-0.39, 0.29) is 6.61 Å². The van der Waals surface area contributed by atoms with Gasteiger partial charge in [-0.3, -0.25) is 0 Å². The lowest BCUT2D eigenvalue weighted by molar-refractivity contribution is 0.268. The van der Waals surface area contributed by atoms with E-state index in [4.69, 9.17) is 5.11 Å². The van der Waals surface area contributed by atoms with Crippen molar-refractivity contribution in [2.24, 2.45) is 0 Å². The number of rotatable bonds is 6. The van der Waals surface area contributed by atoms with Gasteiger partial charge in [0.1, 0.15) is 0 Å². The van der Waals surface area contributed by atoms with Crippen LogP contribution in [0.4, 0.5) is 0 Å². The predicted molar refractivity (Wildman–Crippen MR) is 58.2 cm³/mol. The highest BCUT2D eigenvalue weighted by atomic mass is 16.3. The molecule has 0 radical (unpaired) electrons. The van der Waals surface area contributed by atoms with E-state index in [9.17, 15) is 0 Å². The highest BCUT2D eigenvalue weighted by Crippen LogP contribution is 1.92. The van der Waals surface area contributed by atoms with Crippen molar-refractivity contribution in [1.82, 2.24) is 20.3 Å². The number of aliphatic hydroxyl groups is 1. The molecule has 5 nitrogen and oxygen atoms in total. The molecular weight excluding hydrogens is 192 g/mol. The second kappa shape index (κ2) is 6.31. The summed E-state index contributed by atoms with van der Waals surface area (Å²) in [5.41, 5.74) is 2.19. The van der Waals surface area contributed by atoms with Gasteiger partial charge in [0.05, 0.1) is 18.8 Å². The molecule has 0 spiro atoms. The summed E-state index contributed by atoms with van der Waals surface area (Å²) in [5, 5.41) is 19.8. The maximum Gasteiger partial charge on any atom is 0.0964 e. The average Bonchev–Trinajstić information content (AvgIpc) is 2.61. The average molecular weight is 210 g/mol. The largest absolute Gasteiger partial charge is 0.394 e. The Labute approximate surface area is 89.8 Å². The number of hydrogen-bond donors (Lipinski definition) is 2. The van der Waals surface area contributed by atoms with Crippen LogP contribution in [0.2, 0.25) is 0 Å². The lowest BCUT2D eigenvalue weighted by atomic mass is 10.3. The van der Waals surface area contributed by atoms with E-state index in [1.165, 1.54) is 5.57 Å². The van der Waals surface area contributed by atoms with Gasteiger partial charge in [-0.2, -0.15) is 0 Å². The summed E-state index contributed by atoms with van der Waals surface area (Å²) < 4.78 is 1.64. The second-order valence-corrected chi connectivity index (χ2v) is 3.61. The molecule has 0 aliphatic heterocycles. The molecule has 0 fully saturated rings. The first-order chi connectivity index (χ1) is 7.22. The molecule has 0 aliphatic carbocycles. The van der Waals surface area contributed by atoms with Crippen LogP contribution in [0.5, 0.6) is 0 Å². The SMILES string of the molecule is CC(C)=CCNCc1cn(CCO)nn1. The fraction of sp³-hybridized carbons (Fsp3) is 0.600. The normalized spacial score (nSPS) is 10.3. The van der Waals surface area contributed by atoms with Gasteiger partial charge >= 0.3 is 0 Å². The van der Waals surface area contributed by atoms with Crippen LogP contribution in [0.25, 0.3) is 0 Å². The molecule has 0 aromatic carbocycles. The lowest BCUT2D eigenvalue weighted by Crippen LogP contribution is -2.13. The quantitative estimate of drug-likeness (QED) is 0.524. The third kappa shape index (κ3) is 4.71. The van der Waals surface area contributed by atoms with E-state index >= 15 is 0 Å². The summed E-state index contributed by atoms with van der Waals surface area (Å²) in [6.45, 7) is 6.28. The first-order valence-electron chi connectivity index (χ1n) is 5.06. The predicted octanol–water partition coefficient (Wildman–Crippen LogP) is 0.326. The molecular formula is C10H18N4O. The number of nitrogens with zero attached hydrogens (tertiary/aromatic N) is 3. The molecule has 0 atom stereocenters. The van der Waals surface area contributed by atoms with Crippen LogP contribution in [0.15, 0.2) is 17.8 Å². The van der Waals surface area contributed by atoms with Gasteiger partial charge in [-0.15, -0.1) is 5.10 Å². The monoisotopic (exact) mass is 210 g/mol. The van der Waals surface area contributed by atoms with Crippen molar-refractivity contribution in [3.63, 3.8) is 0 Å². The van der Waals surface area contributed by atoms with Gasteiger partial charge < -0.3 is 10.4 Å². The molecule has 84 valence electrons. The first-order valence-corrected chi connectivity index (χ1v) is 5.06. The second-order valence-electron chi connectivity index (χ2n) is 3.61. The molecule has 0 saturated heterocycles. The van der Waals surface area contributed by atoms with Gasteiger partial charge in [0, 0.05) is 19.3 Å². The number of aliphatic hydroxyl groups excluding tert-OH is 1. The number of nitrogens with one attached hydrogen (secondary N) is 1. The Hall–Kier alpha value is -1.20. The summed E-state index contributed by atoms with van der Waals surface area (Å²) in [6, 6.07) is 0. The molecule has 5 heteroatoms. The summed E-state index contributed by atoms with van der Waals surface area (Å²) >= 11 is 0. The zero-order chi connectivity index (χ0) is 11.1. The molecule has 15 heavy (non-hydrogen) atoms. The Morgan fingerprint density at radius 1 is 1.60 bits per heavy atom. The fourth-order valence-corrected chi connectivity index (χ4v) is 1.11. The molecule has 0 amide bonds. The Bertz CT molecular complexity index is 315. The number of hydrogen-bond acceptors (Lipinski definition) is 4. The van der Waals surface area contributed by atoms with E-state index in [2.05, 4.69) is 35.6 Å². The Balaban J connectivity index is 2.28. The van der Waals surface area contributed by atoms with E-state index in [0.717, 1.165) is 12.2 Å². The van der Waals surface area contributed by atoms with E-state index < -0.39 is 0 Å². The minimum absolute atomic E-state index is 0.0913. The Morgan fingerprint density at radius 3 is 3.07 bits per heavy atom. The van der Waals surface area contributed by atoms with Crippen molar-refractivity contribution in [3.05, 3.63) is 23.5 Å². The van der Waals surface area contributed by atoms with Crippen LogP contribution in [0.3, 0.4) is 0 Å². The number of allylic oxidation sites excluding steroid dienone is 1. The molecule has 0 saturated carbocycles. The van der Waals surface area contributed by atoms with E-state index in [1.54, 1.807) is 4.68 Å². The molecule has 1 rings (SSSR count). The maximum absolute atomic E-state index is 8.69. The van der Waals surface area contributed by atoms with Crippen LogP contribution in [-0.4, -0.2) is 33.3 Å². The van der Waals surface area contributed by atoms with Crippen molar-refractivity contribution in [2.45, 2.75) is 26.9 Å². The minimum atomic E-state index is 0.0913. The van der Waals surface area contributed by atoms with Gasteiger partial charge in [0.15, 0.2) is 0 Å². The molecule has 1 aromatic rings. The molecule has 1 heterocycles. The van der Waals surface area contributed by atoms with Crippen molar-refractivity contribution in [1.29, 1.82) is 0 Å². The van der Waals surface area contributed by atoms with Crippen molar-refractivity contribution in [3.8, 4) is 0 Å². The zero-order valence-corrected chi connectivity index (χ0v) is 9.27. The summed E-state index contributed by atoms with van der Waals surface area (Å²) in [5.74, 6) is 0. The molecule has 2 N–H and O–H groups in total. The first kappa shape index (κ1) is 11.9. The molecule has 1 aromatic heterocycles. The Kier molecular flexibility index (Phi) is 5.00. The maximum atomic E-state index is 8.69. The van der Waals surface area contributed by atoms with Gasteiger partial charge in [-0.05, 0) is 13.8 Å². The van der Waals surface area contributed by atoms with Crippen molar-refractivity contribution in [2.75, 3.05) is 13.2 Å². The van der Waals surface area contributed by atoms with Gasteiger partial charge in [-0.1, -0.05) is 16.9 Å². The highest BCUT2D eigenvalue weighted by molar-refractivity contribution is 4.96. The summed E-state index contributed by atoms with van der Waals surface area (Å²) in [7, 11) is 0. The summed E-state index contributed by atoms with van der Waals surface area (Å²) in [4.78, 5) is 0. The van der Waals surface area contributed by atoms with Gasteiger partial charge in [-0.25, -0.2) is 4.68 Å². The Morgan fingerprint density at radius 2 is 2.40 bits per heavy atom. The molecule has 0 bridgehead atoms. The van der Waals surface area contributed by atoms with Gasteiger partial charge in [0.25, 0.3) is 0 Å². The summed E-state index contributed by atoms with van der Waals surface area (Å²) in [6.07, 6.45) is 3.96. The molecule has 0 unspecified atom stereocenters. The van der Waals surface area contributed by atoms with Crippen molar-refractivity contribution < 1.29 is 5.11 Å². The topological polar surface area (TPSA) is 63.0 Å². The van der Waals surface area contributed by atoms with Crippen LogP contribution in [0.1, 0.15) is 19.5 Å². The smallest absolute Gasteiger partial charge is 0.0964 e. The zero-order valence-electron chi connectivity index (χ0n) is 9.27. The minimum Gasteiger partial charge on any atom is -0.394 e. The highest BCUT2D eigenvalue weighted by Gasteiger charge is 1.98.